The number of piperidine rings is 1. The minimum Gasteiger partial charge on any atom is -0.484 e. The van der Waals surface area contributed by atoms with Gasteiger partial charge in [-0.15, -0.1) is 0 Å². The predicted molar refractivity (Wildman–Crippen MR) is 105 cm³/mol. The summed E-state index contributed by atoms with van der Waals surface area (Å²) in [6.45, 7) is 2.74. The van der Waals surface area contributed by atoms with Crippen molar-refractivity contribution in [2.24, 2.45) is 0 Å². The molecule has 1 aromatic carbocycles. The van der Waals surface area contributed by atoms with Gasteiger partial charge >= 0.3 is 0 Å². The number of carbonyl (C=O) groups excluding carboxylic acids is 1. The Kier molecular flexibility index (Phi) is 5.32. The second-order valence-electron chi connectivity index (χ2n) is 6.98. The Labute approximate surface area is 163 Å². The summed E-state index contributed by atoms with van der Waals surface area (Å²) in [5.41, 5.74) is 2.05. The fourth-order valence-electron chi connectivity index (χ4n) is 3.43. The SMILES string of the molecule is Cc1ccc(OCC(=O)N2CCCCC2c2nc(-c3ccncc3)n[nH]2)cc1. The number of nitrogens with zero attached hydrogens (tertiary/aromatic N) is 4. The molecule has 3 aromatic rings. The fraction of sp³-hybridized carbons (Fsp3) is 0.333. The first-order valence-electron chi connectivity index (χ1n) is 9.52. The van der Waals surface area contributed by atoms with Crippen molar-refractivity contribution >= 4 is 5.91 Å². The van der Waals surface area contributed by atoms with Crippen molar-refractivity contribution in [2.45, 2.75) is 32.2 Å². The van der Waals surface area contributed by atoms with Crippen LogP contribution in [0.1, 0.15) is 36.7 Å². The van der Waals surface area contributed by atoms with Crippen molar-refractivity contribution in [1.82, 2.24) is 25.1 Å². The number of aromatic amines is 1. The van der Waals surface area contributed by atoms with E-state index in [4.69, 9.17) is 4.74 Å². The zero-order chi connectivity index (χ0) is 19.3. The van der Waals surface area contributed by atoms with Gasteiger partial charge in [0.2, 0.25) is 0 Å². The lowest BCUT2D eigenvalue weighted by Gasteiger charge is -2.34. The van der Waals surface area contributed by atoms with Crippen molar-refractivity contribution in [1.29, 1.82) is 0 Å². The normalized spacial score (nSPS) is 16.8. The number of aromatic nitrogens is 4. The molecule has 1 saturated heterocycles. The monoisotopic (exact) mass is 377 g/mol. The molecule has 4 rings (SSSR count). The van der Waals surface area contributed by atoms with E-state index in [1.165, 1.54) is 0 Å². The molecule has 1 N–H and O–H groups in total. The van der Waals surface area contributed by atoms with E-state index in [0.29, 0.717) is 18.1 Å². The zero-order valence-corrected chi connectivity index (χ0v) is 15.8. The van der Waals surface area contributed by atoms with Gasteiger partial charge in [-0.2, -0.15) is 5.10 Å². The summed E-state index contributed by atoms with van der Waals surface area (Å²) in [4.78, 5) is 23.3. The van der Waals surface area contributed by atoms with Gasteiger partial charge in [0.05, 0.1) is 6.04 Å². The molecule has 7 heteroatoms. The van der Waals surface area contributed by atoms with Crippen LogP contribution in [-0.2, 0) is 4.79 Å². The van der Waals surface area contributed by atoms with Crippen LogP contribution >= 0.6 is 0 Å². The lowest BCUT2D eigenvalue weighted by atomic mass is 10.0. The molecule has 7 nitrogen and oxygen atoms in total. The highest BCUT2D eigenvalue weighted by Gasteiger charge is 2.30. The van der Waals surface area contributed by atoms with Crippen LogP contribution in [0, 0.1) is 6.92 Å². The third-order valence-corrected chi connectivity index (χ3v) is 4.96. The van der Waals surface area contributed by atoms with Crippen LogP contribution in [0.2, 0.25) is 0 Å². The average Bonchev–Trinajstić information content (AvgIpc) is 3.24. The van der Waals surface area contributed by atoms with E-state index in [0.717, 1.165) is 36.2 Å². The molecule has 1 fully saturated rings. The van der Waals surface area contributed by atoms with Gasteiger partial charge in [0.25, 0.3) is 5.91 Å². The number of pyridine rings is 1. The number of aryl methyl sites for hydroxylation is 1. The van der Waals surface area contributed by atoms with Crippen LogP contribution in [0.3, 0.4) is 0 Å². The van der Waals surface area contributed by atoms with Gasteiger partial charge in [-0.25, -0.2) is 4.98 Å². The topological polar surface area (TPSA) is 84.0 Å². The van der Waals surface area contributed by atoms with Crippen molar-refractivity contribution in [3.8, 4) is 17.1 Å². The Hall–Kier alpha value is -3.22. The zero-order valence-electron chi connectivity index (χ0n) is 15.8. The van der Waals surface area contributed by atoms with E-state index in [2.05, 4.69) is 20.2 Å². The van der Waals surface area contributed by atoms with E-state index >= 15 is 0 Å². The van der Waals surface area contributed by atoms with E-state index < -0.39 is 0 Å². The number of H-pyrrole nitrogens is 1. The first-order chi connectivity index (χ1) is 13.7. The summed E-state index contributed by atoms with van der Waals surface area (Å²) in [5, 5.41) is 7.35. The summed E-state index contributed by atoms with van der Waals surface area (Å²) >= 11 is 0. The maximum absolute atomic E-state index is 12.8. The molecule has 0 spiro atoms. The second kappa shape index (κ2) is 8.21. The molecule has 1 unspecified atom stereocenters. The fourth-order valence-corrected chi connectivity index (χ4v) is 3.43. The van der Waals surface area contributed by atoms with Gasteiger partial charge in [-0.05, 0) is 50.5 Å². The summed E-state index contributed by atoms with van der Waals surface area (Å²) < 4.78 is 5.69. The van der Waals surface area contributed by atoms with Crippen molar-refractivity contribution < 1.29 is 9.53 Å². The number of likely N-dealkylation sites (tertiary alicyclic amines) is 1. The third kappa shape index (κ3) is 4.03. The maximum atomic E-state index is 12.8. The first-order valence-corrected chi connectivity index (χ1v) is 9.52. The van der Waals surface area contributed by atoms with Crippen LogP contribution in [0.5, 0.6) is 5.75 Å². The molecule has 0 saturated carbocycles. The van der Waals surface area contributed by atoms with E-state index in [1.54, 1.807) is 12.4 Å². The number of carbonyl (C=O) groups is 1. The van der Waals surface area contributed by atoms with Crippen LogP contribution in [-0.4, -0.2) is 44.1 Å². The second-order valence-corrected chi connectivity index (χ2v) is 6.98. The summed E-state index contributed by atoms with van der Waals surface area (Å²) in [6.07, 6.45) is 6.33. The maximum Gasteiger partial charge on any atom is 0.261 e. The molecule has 1 aliphatic heterocycles. The molecule has 1 atom stereocenters. The van der Waals surface area contributed by atoms with Gasteiger partial charge in [0.15, 0.2) is 12.4 Å². The van der Waals surface area contributed by atoms with Crippen molar-refractivity contribution in [2.75, 3.05) is 13.2 Å². The highest BCUT2D eigenvalue weighted by Crippen LogP contribution is 2.30. The van der Waals surface area contributed by atoms with Gasteiger partial charge in [-0.1, -0.05) is 17.7 Å². The number of amides is 1. The van der Waals surface area contributed by atoms with Crippen molar-refractivity contribution in [3.63, 3.8) is 0 Å². The Morgan fingerprint density at radius 1 is 1.18 bits per heavy atom. The molecule has 1 aliphatic rings. The number of ether oxygens (including phenoxy) is 1. The van der Waals surface area contributed by atoms with Gasteiger partial charge in [-0.3, -0.25) is 14.9 Å². The number of rotatable bonds is 5. The summed E-state index contributed by atoms with van der Waals surface area (Å²) in [6, 6.07) is 11.3. The minimum absolute atomic E-state index is 0.0188. The third-order valence-electron chi connectivity index (χ3n) is 4.96. The molecule has 0 bridgehead atoms. The van der Waals surface area contributed by atoms with Crippen molar-refractivity contribution in [3.05, 3.63) is 60.2 Å². The Bertz CT molecular complexity index is 923. The largest absolute Gasteiger partial charge is 0.484 e. The number of nitrogens with one attached hydrogen (secondary N) is 1. The van der Waals surface area contributed by atoms with E-state index in [-0.39, 0.29) is 18.6 Å². The number of hydrogen-bond donors (Lipinski definition) is 1. The molecule has 1 amide bonds. The molecular formula is C21H23N5O2. The van der Waals surface area contributed by atoms with Crippen LogP contribution < -0.4 is 4.74 Å². The average molecular weight is 377 g/mol. The molecule has 0 radical (unpaired) electrons. The van der Waals surface area contributed by atoms with Crippen LogP contribution in [0.15, 0.2) is 48.8 Å². The van der Waals surface area contributed by atoms with E-state index in [9.17, 15) is 4.79 Å². The lowest BCUT2D eigenvalue weighted by molar-refractivity contribution is -0.137. The van der Waals surface area contributed by atoms with E-state index in [1.807, 2.05) is 48.2 Å². The van der Waals surface area contributed by atoms with Gasteiger partial charge in [0, 0.05) is 24.5 Å². The molecule has 3 heterocycles. The molecule has 28 heavy (non-hydrogen) atoms. The quantitative estimate of drug-likeness (QED) is 0.737. The highest BCUT2D eigenvalue weighted by molar-refractivity contribution is 5.78. The molecular weight excluding hydrogens is 354 g/mol. The standard InChI is InChI=1S/C21H23N5O2/c1-15-5-7-17(8-6-15)28-14-19(27)26-13-3-2-4-18(26)21-23-20(24-25-21)16-9-11-22-12-10-16/h5-12,18H,2-4,13-14H2,1H3,(H,23,24,25). The number of hydrogen-bond acceptors (Lipinski definition) is 5. The Morgan fingerprint density at radius 2 is 1.96 bits per heavy atom. The van der Waals surface area contributed by atoms with Gasteiger partial charge in [0.1, 0.15) is 11.6 Å². The smallest absolute Gasteiger partial charge is 0.261 e. The molecule has 0 aliphatic carbocycles. The molecule has 144 valence electrons. The predicted octanol–water partition coefficient (Wildman–Crippen LogP) is 3.31. The highest BCUT2D eigenvalue weighted by atomic mass is 16.5. The Balaban J connectivity index is 1.46. The summed E-state index contributed by atoms with van der Waals surface area (Å²) in [7, 11) is 0. The Morgan fingerprint density at radius 3 is 2.75 bits per heavy atom. The minimum atomic E-state index is -0.106. The van der Waals surface area contributed by atoms with Crippen LogP contribution in [0.4, 0.5) is 0 Å². The molecule has 2 aromatic heterocycles. The summed E-state index contributed by atoms with van der Waals surface area (Å²) in [5.74, 6) is 2.00. The first kappa shape index (κ1) is 18.2. The number of benzene rings is 1. The van der Waals surface area contributed by atoms with Crippen LogP contribution in [0.25, 0.3) is 11.4 Å². The van der Waals surface area contributed by atoms with Gasteiger partial charge < -0.3 is 9.64 Å². The lowest BCUT2D eigenvalue weighted by Crippen LogP contribution is -2.41.